The van der Waals surface area contributed by atoms with E-state index in [1.165, 1.54) is 24.0 Å². The number of ether oxygens (including phenoxy) is 2. The summed E-state index contributed by atoms with van der Waals surface area (Å²) in [6.45, 7) is 1.84. The molecule has 1 unspecified atom stereocenters. The van der Waals surface area contributed by atoms with Crippen LogP contribution in [0.1, 0.15) is 72.8 Å². The van der Waals surface area contributed by atoms with Crippen LogP contribution in [0.5, 0.6) is 5.75 Å². The lowest BCUT2D eigenvalue weighted by Crippen LogP contribution is -2.43. The fourth-order valence-corrected chi connectivity index (χ4v) is 5.95. The molecule has 1 amide bonds. The first-order chi connectivity index (χ1) is 16.5. The van der Waals surface area contributed by atoms with Crippen molar-refractivity contribution < 1.29 is 24.2 Å². The maximum absolute atomic E-state index is 13.0. The van der Waals surface area contributed by atoms with Gasteiger partial charge in [-0.2, -0.15) is 0 Å². The molecule has 0 spiro atoms. The van der Waals surface area contributed by atoms with Gasteiger partial charge in [0.25, 0.3) is 0 Å². The second-order valence-corrected chi connectivity index (χ2v) is 10.0. The second-order valence-electron chi connectivity index (χ2n) is 8.95. The fourth-order valence-electron chi connectivity index (χ4n) is 4.81. The molecule has 2 aliphatic carbocycles. The van der Waals surface area contributed by atoms with Gasteiger partial charge in [-0.1, -0.05) is 31.2 Å². The van der Waals surface area contributed by atoms with Crippen LogP contribution in [0.4, 0.5) is 5.69 Å². The van der Waals surface area contributed by atoms with E-state index in [0.29, 0.717) is 29.8 Å². The third-order valence-electron chi connectivity index (χ3n) is 6.67. The third kappa shape index (κ3) is 5.53. The molecule has 0 aliphatic heterocycles. The van der Waals surface area contributed by atoms with E-state index in [0.717, 1.165) is 42.7 Å². The van der Waals surface area contributed by atoms with E-state index in [1.54, 1.807) is 4.90 Å². The molecule has 1 saturated carbocycles. The van der Waals surface area contributed by atoms with Gasteiger partial charge in [0.1, 0.15) is 16.7 Å². The first-order valence-corrected chi connectivity index (χ1v) is 12.9. The molecule has 1 aromatic heterocycles. The van der Waals surface area contributed by atoms with Crippen molar-refractivity contribution in [1.29, 1.82) is 0 Å². The molecular weight excluding hydrogens is 450 g/mol. The smallest absolute Gasteiger partial charge is 0.350 e. The lowest BCUT2D eigenvalue weighted by atomic mass is 9.91. The Balaban J connectivity index is 1.59. The highest BCUT2D eigenvalue weighted by atomic mass is 32.1. The molecule has 1 atom stereocenters. The summed E-state index contributed by atoms with van der Waals surface area (Å²) >= 11 is 1.40. The Morgan fingerprint density at radius 1 is 1.12 bits per heavy atom. The van der Waals surface area contributed by atoms with Gasteiger partial charge in [-0.05, 0) is 62.3 Å². The van der Waals surface area contributed by atoms with Crippen molar-refractivity contribution in [3.05, 3.63) is 52.2 Å². The normalized spacial score (nSPS) is 22.6. The number of rotatable bonds is 7. The van der Waals surface area contributed by atoms with Crippen LogP contribution >= 0.6 is 11.3 Å². The Morgan fingerprint density at radius 3 is 2.47 bits per heavy atom. The highest BCUT2D eigenvalue weighted by molar-refractivity contribution is 7.15. The van der Waals surface area contributed by atoms with E-state index in [2.05, 4.69) is 6.08 Å². The number of nitrogens with zero attached hydrogens (tertiary/aromatic N) is 1. The number of carbonyl (C=O) groups excluding carboxylic acids is 2. The monoisotopic (exact) mass is 483 g/mol. The van der Waals surface area contributed by atoms with Gasteiger partial charge in [0.05, 0.1) is 18.9 Å². The SMILES string of the molecule is CCC(=O)N(c1cc(C2=CCC(Oc3ccccc3)CC2)sc1C(=O)OC)C1CCC(O)CC1. The van der Waals surface area contributed by atoms with Crippen LogP contribution in [0.15, 0.2) is 42.5 Å². The Bertz CT molecular complexity index is 1020. The molecule has 7 heteroatoms. The summed E-state index contributed by atoms with van der Waals surface area (Å²) in [5.41, 5.74) is 1.82. The fraction of sp³-hybridized carbons (Fsp3) is 0.481. The van der Waals surface area contributed by atoms with Crippen LogP contribution in [-0.4, -0.2) is 42.3 Å². The van der Waals surface area contributed by atoms with Gasteiger partial charge in [0.15, 0.2) is 0 Å². The van der Waals surface area contributed by atoms with E-state index in [-0.39, 0.29) is 24.2 Å². The second kappa shape index (κ2) is 11.2. The summed E-state index contributed by atoms with van der Waals surface area (Å²) in [6, 6.07) is 11.8. The van der Waals surface area contributed by atoms with Gasteiger partial charge in [-0.3, -0.25) is 4.79 Å². The molecule has 1 aromatic carbocycles. The number of anilines is 1. The Hall–Kier alpha value is -2.64. The Morgan fingerprint density at radius 2 is 1.85 bits per heavy atom. The van der Waals surface area contributed by atoms with E-state index in [1.807, 2.05) is 43.3 Å². The van der Waals surface area contributed by atoms with Gasteiger partial charge in [-0.25, -0.2) is 4.79 Å². The first kappa shape index (κ1) is 24.5. The van der Waals surface area contributed by atoms with Crippen LogP contribution in [0, 0.1) is 0 Å². The molecule has 0 saturated heterocycles. The van der Waals surface area contributed by atoms with Crippen molar-refractivity contribution in [3.8, 4) is 5.75 Å². The minimum atomic E-state index is -0.419. The molecule has 6 nitrogen and oxygen atoms in total. The zero-order valence-corrected chi connectivity index (χ0v) is 20.7. The van der Waals surface area contributed by atoms with Gasteiger partial charge in [0.2, 0.25) is 5.91 Å². The van der Waals surface area contributed by atoms with Crippen molar-refractivity contribution in [2.75, 3.05) is 12.0 Å². The van der Waals surface area contributed by atoms with Crippen LogP contribution in [0.25, 0.3) is 5.57 Å². The summed E-state index contributed by atoms with van der Waals surface area (Å²) in [4.78, 5) is 29.0. The predicted octanol–water partition coefficient (Wildman–Crippen LogP) is 5.60. The molecule has 2 aliphatic rings. The Labute approximate surface area is 205 Å². The summed E-state index contributed by atoms with van der Waals surface area (Å²) < 4.78 is 11.2. The van der Waals surface area contributed by atoms with E-state index in [4.69, 9.17) is 9.47 Å². The number of allylic oxidation sites excluding steroid dienone is 1. The van der Waals surface area contributed by atoms with Crippen LogP contribution < -0.4 is 9.64 Å². The zero-order valence-electron chi connectivity index (χ0n) is 19.9. The average Bonchev–Trinajstić information content (AvgIpc) is 3.30. The summed E-state index contributed by atoms with van der Waals surface area (Å²) in [6.07, 6.45) is 7.65. The van der Waals surface area contributed by atoms with Crippen molar-refractivity contribution in [1.82, 2.24) is 0 Å². The minimum absolute atomic E-state index is 0.00941. The first-order valence-electron chi connectivity index (χ1n) is 12.1. The molecule has 0 bridgehead atoms. The van der Waals surface area contributed by atoms with Crippen LogP contribution in [0.2, 0.25) is 0 Å². The molecule has 2 aromatic rings. The van der Waals surface area contributed by atoms with E-state index < -0.39 is 5.97 Å². The predicted molar refractivity (Wildman–Crippen MR) is 134 cm³/mol. The van der Waals surface area contributed by atoms with Gasteiger partial charge >= 0.3 is 5.97 Å². The zero-order chi connectivity index (χ0) is 24.1. The number of para-hydroxylation sites is 1. The highest BCUT2D eigenvalue weighted by Gasteiger charge is 2.33. The quantitative estimate of drug-likeness (QED) is 0.519. The molecule has 1 heterocycles. The van der Waals surface area contributed by atoms with Crippen molar-refractivity contribution in [2.24, 2.45) is 0 Å². The summed E-state index contributed by atoms with van der Waals surface area (Å²) in [5, 5.41) is 9.95. The molecule has 0 radical (unpaired) electrons. The molecule has 34 heavy (non-hydrogen) atoms. The number of aliphatic hydroxyl groups excluding tert-OH is 1. The lowest BCUT2D eigenvalue weighted by molar-refractivity contribution is -0.119. The lowest BCUT2D eigenvalue weighted by Gasteiger charge is -2.35. The Kier molecular flexibility index (Phi) is 8.06. The van der Waals surface area contributed by atoms with Crippen molar-refractivity contribution >= 4 is 34.5 Å². The van der Waals surface area contributed by atoms with Crippen molar-refractivity contribution in [3.63, 3.8) is 0 Å². The number of aliphatic hydroxyl groups is 1. The molecule has 4 rings (SSSR count). The van der Waals surface area contributed by atoms with Crippen LogP contribution in [-0.2, 0) is 9.53 Å². The molecular formula is C27H33NO5S. The van der Waals surface area contributed by atoms with Crippen molar-refractivity contribution in [2.45, 2.75) is 76.5 Å². The number of amides is 1. The molecule has 1 N–H and O–H groups in total. The average molecular weight is 484 g/mol. The standard InChI is InChI=1S/C27H33NO5S/c1-3-25(30)28(19-11-13-20(29)14-12-19)23-17-24(34-26(23)27(31)32-2)18-9-15-22(16-10-18)33-21-7-5-4-6-8-21/h4-9,17,19-20,22,29H,3,10-16H2,1-2H3. The largest absolute Gasteiger partial charge is 0.490 e. The number of esters is 1. The minimum Gasteiger partial charge on any atom is -0.490 e. The van der Waals surface area contributed by atoms with E-state index in [9.17, 15) is 14.7 Å². The highest BCUT2D eigenvalue weighted by Crippen LogP contribution is 2.41. The summed E-state index contributed by atoms with van der Waals surface area (Å²) in [7, 11) is 1.37. The van der Waals surface area contributed by atoms with Gasteiger partial charge < -0.3 is 19.5 Å². The molecule has 1 fully saturated rings. The number of thiophene rings is 1. The third-order valence-corrected chi connectivity index (χ3v) is 7.85. The molecule has 182 valence electrons. The topological polar surface area (TPSA) is 76.1 Å². The number of benzene rings is 1. The maximum Gasteiger partial charge on any atom is 0.350 e. The van der Waals surface area contributed by atoms with Gasteiger partial charge in [0, 0.05) is 23.8 Å². The summed E-state index contributed by atoms with van der Waals surface area (Å²) in [5.74, 6) is 0.449. The number of hydrogen-bond acceptors (Lipinski definition) is 6. The number of methoxy groups -OCH3 is 1. The van der Waals surface area contributed by atoms with Crippen LogP contribution in [0.3, 0.4) is 0 Å². The number of carbonyl (C=O) groups is 2. The maximum atomic E-state index is 13.0. The van der Waals surface area contributed by atoms with Gasteiger partial charge in [-0.15, -0.1) is 11.3 Å². The number of hydrogen-bond donors (Lipinski definition) is 1. The van der Waals surface area contributed by atoms with E-state index >= 15 is 0 Å².